The molecule has 98 valence electrons. The zero-order valence-electron chi connectivity index (χ0n) is 10.9. The highest BCUT2D eigenvalue weighted by Crippen LogP contribution is 2.19. The van der Waals surface area contributed by atoms with Gasteiger partial charge in [-0.25, -0.2) is 0 Å². The van der Waals surface area contributed by atoms with Crippen molar-refractivity contribution in [1.29, 1.82) is 0 Å². The van der Waals surface area contributed by atoms with Crippen molar-refractivity contribution in [2.75, 3.05) is 19.8 Å². The molecule has 0 bridgehead atoms. The van der Waals surface area contributed by atoms with Crippen molar-refractivity contribution in [2.24, 2.45) is 5.41 Å². The van der Waals surface area contributed by atoms with E-state index in [2.05, 4.69) is 53.5 Å². The third-order valence-corrected chi connectivity index (χ3v) is 4.04. The second-order valence-corrected chi connectivity index (χ2v) is 7.24. The van der Waals surface area contributed by atoms with Gasteiger partial charge < -0.3 is 10.1 Å². The molecule has 0 fully saturated rings. The predicted molar refractivity (Wildman–Crippen MR) is 78.6 cm³/mol. The molecule has 0 saturated carbocycles. The lowest BCUT2D eigenvalue weighted by atomic mass is 9.93. The lowest BCUT2D eigenvalue weighted by Gasteiger charge is -2.17. The maximum atomic E-state index is 5.58. The van der Waals surface area contributed by atoms with Crippen molar-refractivity contribution < 1.29 is 4.74 Å². The van der Waals surface area contributed by atoms with Gasteiger partial charge in [0.1, 0.15) is 0 Å². The summed E-state index contributed by atoms with van der Waals surface area (Å²) in [5, 5.41) is 5.49. The molecule has 2 nitrogen and oxygen atoms in total. The highest BCUT2D eigenvalue weighted by Gasteiger charge is 2.08. The summed E-state index contributed by atoms with van der Waals surface area (Å²) < 4.78 is 6.75. The first-order chi connectivity index (χ1) is 7.97. The van der Waals surface area contributed by atoms with Crippen LogP contribution < -0.4 is 5.32 Å². The third-order valence-electron chi connectivity index (χ3n) is 2.34. The van der Waals surface area contributed by atoms with Gasteiger partial charge in [0.15, 0.2) is 0 Å². The lowest BCUT2D eigenvalue weighted by molar-refractivity contribution is 0.110. The molecule has 1 rings (SSSR count). The van der Waals surface area contributed by atoms with Gasteiger partial charge in [-0.05, 0) is 33.8 Å². The van der Waals surface area contributed by atoms with Gasteiger partial charge in [-0.2, -0.15) is 0 Å². The molecule has 0 radical (unpaired) electrons. The van der Waals surface area contributed by atoms with E-state index in [1.807, 2.05) is 0 Å². The van der Waals surface area contributed by atoms with E-state index in [0.29, 0.717) is 5.41 Å². The molecule has 0 unspecified atom stereocenters. The Balaban J connectivity index is 1.95. The van der Waals surface area contributed by atoms with Crippen LogP contribution in [0.25, 0.3) is 0 Å². The van der Waals surface area contributed by atoms with Crippen LogP contribution in [0.4, 0.5) is 0 Å². The van der Waals surface area contributed by atoms with Crippen LogP contribution in [0, 0.1) is 5.41 Å². The predicted octanol–water partition coefficient (Wildman–Crippen LogP) is 4.05. The summed E-state index contributed by atoms with van der Waals surface area (Å²) in [4.78, 5) is 1.35. The van der Waals surface area contributed by atoms with E-state index in [1.165, 1.54) is 9.35 Å². The molecule has 4 heteroatoms. The van der Waals surface area contributed by atoms with Crippen LogP contribution >= 0.6 is 27.3 Å². The molecule has 0 amide bonds. The van der Waals surface area contributed by atoms with Gasteiger partial charge in [0.2, 0.25) is 0 Å². The van der Waals surface area contributed by atoms with Crippen molar-refractivity contribution in [1.82, 2.24) is 5.32 Å². The van der Waals surface area contributed by atoms with Gasteiger partial charge in [-0.15, -0.1) is 11.3 Å². The third kappa shape index (κ3) is 7.92. The Morgan fingerprint density at radius 3 is 2.71 bits per heavy atom. The van der Waals surface area contributed by atoms with E-state index in [0.717, 1.165) is 32.7 Å². The maximum absolute atomic E-state index is 5.58. The zero-order valence-corrected chi connectivity index (χ0v) is 13.3. The van der Waals surface area contributed by atoms with E-state index in [1.54, 1.807) is 11.3 Å². The molecule has 0 aliphatic rings. The molecule has 0 atom stereocenters. The second-order valence-electron chi connectivity index (χ2n) is 5.33. The Kier molecular flexibility index (Phi) is 6.70. The molecule has 0 aliphatic carbocycles. The monoisotopic (exact) mass is 319 g/mol. The number of halogens is 1. The standard InChI is InChI=1S/C13H22BrNOS/c1-13(2,3)4-6-16-7-5-15-9-12-8-11(14)10-17-12/h8,10,15H,4-7,9H2,1-3H3. The molecule has 1 N–H and O–H groups in total. The highest BCUT2D eigenvalue weighted by molar-refractivity contribution is 9.10. The van der Waals surface area contributed by atoms with Crippen LogP contribution in [0.2, 0.25) is 0 Å². The van der Waals surface area contributed by atoms with Gasteiger partial charge in [-0.1, -0.05) is 20.8 Å². The lowest BCUT2D eigenvalue weighted by Crippen LogP contribution is -2.20. The van der Waals surface area contributed by atoms with Gasteiger partial charge in [0.05, 0.1) is 6.61 Å². The van der Waals surface area contributed by atoms with Crippen molar-refractivity contribution in [3.63, 3.8) is 0 Å². The summed E-state index contributed by atoms with van der Waals surface area (Å²) in [5.74, 6) is 0. The topological polar surface area (TPSA) is 21.3 Å². The van der Waals surface area contributed by atoms with Gasteiger partial charge in [-0.3, -0.25) is 0 Å². The molecule has 0 aromatic carbocycles. The second kappa shape index (κ2) is 7.52. The SMILES string of the molecule is CC(C)(C)CCOCCNCc1cc(Br)cs1. The molecular formula is C13H22BrNOS. The summed E-state index contributed by atoms with van der Waals surface area (Å²) in [6.45, 7) is 10.2. The van der Waals surface area contributed by atoms with Crippen LogP contribution in [0.5, 0.6) is 0 Å². The summed E-state index contributed by atoms with van der Waals surface area (Å²) in [7, 11) is 0. The fraction of sp³-hybridized carbons (Fsp3) is 0.692. The summed E-state index contributed by atoms with van der Waals surface area (Å²) in [6, 6.07) is 2.15. The van der Waals surface area contributed by atoms with Crippen LogP contribution in [0.1, 0.15) is 32.1 Å². The first-order valence-electron chi connectivity index (χ1n) is 5.99. The minimum absolute atomic E-state index is 0.372. The quantitative estimate of drug-likeness (QED) is 0.765. The highest BCUT2D eigenvalue weighted by atomic mass is 79.9. The molecular weight excluding hydrogens is 298 g/mol. The summed E-state index contributed by atoms with van der Waals surface area (Å²) in [5.41, 5.74) is 0.372. The smallest absolute Gasteiger partial charge is 0.0591 e. The van der Waals surface area contributed by atoms with Crippen molar-refractivity contribution >= 4 is 27.3 Å². The Labute approximate surface area is 117 Å². The van der Waals surface area contributed by atoms with Crippen LogP contribution in [0.15, 0.2) is 15.9 Å². The normalized spacial score (nSPS) is 12.0. The van der Waals surface area contributed by atoms with Crippen molar-refractivity contribution in [3.8, 4) is 0 Å². The average molecular weight is 320 g/mol. The summed E-state index contributed by atoms with van der Waals surface area (Å²) in [6.07, 6.45) is 1.12. The minimum Gasteiger partial charge on any atom is -0.380 e. The minimum atomic E-state index is 0.372. The fourth-order valence-electron chi connectivity index (χ4n) is 1.28. The number of thiophene rings is 1. The molecule has 0 spiro atoms. The average Bonchev–Trinajstić information content (AvgIpc) is 2.61. The van der Waals surface area contributed by atoms with E-state index in [9.17, 15) is 0 Å². The van der Waals surface area contributed by atoms with E-state index in [-0.39, 0.29) is 0 Å². The molecule has 1 aromatic rings. The van der Waals surface area contributed by atoms with E-state index >= 15 is 0 Å². The number of nitrogens with one attached hydrogen (secondary N) is 1. The van der Waals surface area contributed by atoms with Crippen molar-refractivity contribution in [3.05, 3.63) is 20.8 Å². The number of rotatable bonds is 7. The van der Waals surface area contributed by atoms with Crippen LogP contribution in [-0.4, -0.2) is 19.8 Å². The maximum Gasteiger partial charge on any atom is 0.0591 e. The Hall–Kier alpha value is 0.1000. The fourth-order valence-corrected chi connectivity index (χ4v) is 2.70. The van der Waals surface area contributed by atoms with Gasteiger partial charge in [0.25, 0.3) is 0 Å². The van der Waals surface area contributed by atoms with Crippen LogP contribution in [-0.2, 0) is 11.3 Å². The summed E-state index contributed by atoms with van der Waals surface area (Å²) >= 11 is 5.22. The first kappa shape index (κ1) is 15.2. The van der Waals surface area contributed by atoms with Crippen molar-refractivity contribution in [2.45, 2.75) is 33.7 Å². The molecule has 1 heterocycles. The molecule has 0 aliphatic heterocycles. The molecule has 17 heavy (non-hydrogen) atoms. The zero-order chi connectivity index (χ0) is 12.7. The van der Waals surface area contributed by atoms with Gasteiger partial charge >= 0.3 is 0 Å². The van der Waals surface area contributed by atoms with E-state index < -0.39 is 0 Å². The molecule has 1 aromatic heterocycles. The first-order valence-corrected chi connectivity index (χ1v) is 7.66. The Morgan fingerprint density at radius 2 is 2.12 bits per heavy atom. The van der Waals surface area contributed by atoms with Crippen LogP contribution in [0.3, 0.4) is 0 Å². The largest absolute Gasteiger partial charge is 0.380 e. The number of hydrogen-bond donors (Lipinski definition) is 1. The molecule has 0 saturated heterocycles. The number of ether oxygens (including phenoxy) is 1. The van der Waals surface area contributed by atoms with Gasteiger partial charge in [0, 0.05) is 34.4 Å². The number of hydrogen-bond acceptors (Lipinski definition) is 3. The Bertz CT molecular complexity index is 319. The van der Waals surface area contributed by atoms with E-state index in [4.69, 9.17) is 4.74 Å². The Morgan fingerprint density at radius 1 is 1.35 bits per heavy atom.